The second kappa shape index (κ2) is 6.88. The minimum absolute atomic E-state index is 0.478. The molecule has 2 saturated heterocycles. The van der Waals surface area contributed by atoms with E-state index in [1.165, 1.54) is 31.7 Å². The van der Waals surface area contributed by atoms with Gasteiger partial charge in [-0.3, -0.25) is 9.80 Å². The second-order valence-corrected chi connectivity index (χ2v) is 6.57. The van der Waals surface area contributed by atoms with E-state index in [1.807, 2.05) is 0 Å². The summed E-state index contributed by atoms with van der Waals surface area (Å²) in [5, 5.41) is 3.66. The van der Waals surface area contributed by atoms with E-state index < -0.39 is 0 Å². The van der Waals surface area contributed by atoms with Crippen LogP contribution < -0.4 is 5.32 Å². The molecule has 0 radical (unpaired) electrons. The predicted molar refractivity (Wildman–Crippen MR) is 87.5 cm³/mol. The molecule has 2 unspecified atom stereocenters. The van der Waals surface area contributed by atoms with Crippen molar-refractivity contribution in [1.29, 1.82) is 0 Å². The van der Waals surface area contributed by atoms with Crippen LogP contribution in [-0.4, -0.2) is 80.7 Å². The minimum Gasteiger partial charge on any atom is -0.308 e. The molecule has 0 saturated carbocycles. The molecular weight excluding hydrogens is 260 g/mol. The Bertz CT molecular complexity index is 436. The lowest BCUT2D eigenvalue weighted by molar-refractivity contribution is 0.0721. The molecule has 116 valence electrons. The molecular formula is C17H28N4. The maximum absolute atomic E-state index is 3.66. The maximum atomic E-state index is 3.66. The molecule has 1 aromatic carbocycles. The van der Waals surface area contributed by atoms with Gasteiger partial charge in [0, 0.05) is 57.9 Å². The molecule has 2 aliphatic heterocycles. The Morgan fingerprint density at radius 2 is 1.86 bits per heavy atom. The number of benzene rings is 1. The summed E-state index contributed by atoms with van der Waals surface area (Å²) in [6.07, 6.45) is 0. The van der Waals surface area contributed by atoms with Crippen molar-refractivity contribution in [2.45, 2.75) is 12.1 Å². The van der Waals surface area contributed by atoms with Crippen LogP contribution in [-0.2, 0) is 0 Å². The summed E-state index contributed by atoms with van der Waals surface area (Å²) >= 11 is 0. The number of nitrogens with one attached hydrogen (secondary N) is 1. The Morgan fingerprint density at radius 3 is 2.67 bits per heavy atom. The topological polar surface area (TPSA) is 21.8 Å². The van der Waals surface area contributed by atoms with E-state index in [0.717, 1.165) is 19.6 Å². The third kappa shape index (κ3) is 3.83. The summed E-state index contributed by atoms with van der Waals surface area (Å²) < 4.78 is 0. The zero-order valence-electron chi connectivity index (χ0n) is 13.3. The molecule has 0 bridgehead atoms. The van der Waals surface area contributed by atoms with Gasteiger partial charge in [-0.25, -0.2) is 0 Å². The third-order valence-corrected chi connectivity index (χ3v) is 4.91. The standard InChI is InChI=1S/C17H28N4/c1-19-10-11-20(2)16(12-19)13-21-9-8-18-17(14-21)15-6-4-3-5-7-15/h3-7,16-18H,8-14H2,1-2H3. The summed E-state index contributed by atoms with van der Waals surface area (Å²) in [5.41, 5.74) is 1.41. The first-order valence-electron chi connectivity index (χ1n) is 8.12. The van der Waals surface area contributed by atoms with Gasteiger partial charge in [-0.05, 0) is 19.7 Å². The third-order valence-electron chi connectivity index (χ3n) is 4.91. The molecule has 21 heavy (non-hydrogen) atoms. The van der Waals surface area contributed by atoms with Crippen molar-refractivity contribution in [2.24, 2.45) is 0 Å². The van der Waals surface area contributed by atoms with Crippen molar-refractivity contribution >= 4 is 0 Å². The molecule has 0 aromatic heterocycles. The Balaban J connectivity index is 1.58. The monoisotopic (exact) mass is 288 g/mol. The summed E-state index contributed by atoms with van der Waals surface area (Å²) in [4.78, 5) is 7.62. The molecule has 1 N–H and O–H groups in total. The first kappa shape index (κ1) is 15.0. The van der Waals surface area contributed by atoms with Crippen LogP contribution in [0.25, 0.3) is 0 Å². The number of rotatable bonds is 3. The van der Waals surface area contributed by atoms with E-state index in [2.05, 4.69) is 64.4 Å². The molecule has 0 aliphatic carbocycles. The molecule has 0 amide bonds. The van der Waals surface area contributed by atoms with E-state index in [-0.39, 0.29) is 0 Å². The van der Waals surface area contributed by atoms with E-state index in [4.69, 9.17) is 0 Å². The normalized spacial score (nSPS) is 29.6. The van der Waals surface area contributed by atoms with E-state index in [0.29, 0.717) is 12.1 Å². The van der Waals surface area contributed by atoms with Crippen LogP contribution >= 0.6 is 0 Å². The average molecular weight is 288 g/mol. The van der Waals surface area contributed by atoms with Gasteiger partial charge in [0.15, 0.2) is 0 Å². The van der Waals surface area contributed by atoms with Gasteiger partial charge >= 0.3 is 0 Å². The Hall–Kier alpha value is -0.940. The van der Waals surface area contributed by atoms with Gasteiger partial charge in [0.05, 0.1) is 0 Å². The summed E-state index contributed by atoms with van der Waals surface area (Å²) in [6.45, 7) is 8.14. The fourth-order valence-electron chi connectivity index (χ4n) is 3.48. The smallest absolute Gasteiger partial charge is 0.0449 e. The van der Waals surface area contributed by atoms with Crippen LogP contribution in [0, 0.1) is 0 Å². The van der Waals surface area contributed by atoms with Crippen LogP contribution in [0.4, 0.5) is 0 Å². The van der Waals surface area contributed by atoms with E-state index in [1.54, 1.807) is 0 Å². The highest BCUT2D eigenvalue weighted by Crippen LogP contribution is 2.18. The van der Waals surface area contributed by atoms with Crippen molar-refractivity contribution in [2.75, 3.05) is 59.9 Å². The maximum Gasteiger partial charge on any atom is 0.0449 e. The van der Waals surface area contributed by atoms with Crippen molar-refractivity contribution < 1.29 is 0 Å². The Kier molecular flexibility index (Phi) is 4.91. The van der Waals surface area contributed by atoms with Gasteiger partial charge in [-0.1, -0.05) is 30.3 Å². The molecule has 2 atom stereocenters. The highest BCUT2D eigenvalue weighted by Gasteiger charge is 2.27. The molecule has 2 heterocycles. The highest BCUT2D eigenvalue weighted by atomic mass is 15.3. The van der Waals surface area contributed by atoms with Gasteiger partial charge in [-0.15, -0.1) is 0 Å². The molecule has 4 nitrogen and oxygen atoms in total. The zero-order valence-corrected chi connectivity index (χ0v) is 13.3. The summed E-state index contributed by atoms with van der Waals surface area (Å²) in [5.74, 6) is 0. The van der Waals surface area contributed by atoms with Crippen LogP contribution in [0.5, 0.6) is 0 Å². The lowest BCUT2D eigenvalue weighted by Gasteiger charge is -2.42. The summed E-state index contributed by atoms with van der Waals surface area (Å²) in [6, 6.07) is 12.0. The van der Waals surface area contributed by atoms with E-state index in [9.17, 15) is 0 Å². The molecule has 1 aromatic rings. The van der Waals surface area contributed by atoms with Gasteiger partial charge in [-0.2, -0.15) is 0 Å². The fourth-order valence-corrected chi connectivity index (χ4v) is 3.48. The fraction of sp³-hybridized carbons (Fsp3) is 0.647. The summed E-state index contributed by atoms with van der Waals surface area (Å²) in [7, 11) is 4.51. The van der Waals surface area contributed by atoms with Gasteiger partial charge in [0.2, 0.25) is 0 Å². The van der Waals surface area contributed by atoms with Crippen molar-refractivity contribution in [3.8, 4) is 0 Å². The zero-order chi connectivity index (χ0) is 14.7. The van der Waals surface area contributed by atoms with Gasteiger partial charge in [0.1, 0.15) is 0 Å². The number of hydrogen-bond donors (Lipinski definition) is 1. The van der Waals surface area contributed by atoms with Gasteiger partial charge in [0.25, 0.3) is 0 Å². The Labute approximate surface area is 128 Å². The van der Waals surface area contributed by atoms with Crippen molar-refractivity contribution in [3.63, 3.8) is 0 Å². The van der Waals surface area contributed by atoms with Crippen LogP contribution in [0.3, 0.4) is 0 Å². The number of likely N-dealkylation sites (N-methyl/N-ethyl adjacent to an activating group) is 2. The number of piperazine rings is 2. The lowest BCUT2D eigenvalue weighted by atomic mass is 10.0. The second-order valence-electron chi connectivity index (χ2n) is 6.57. The molecule has 2 fully saturated rings. The quantitative estimate of drug-likeness (QED) is 0.891. The predicted octanol–water partition coefficient (Wildman–Crippen LogP) is 0.879. The molecule has 3 rings (SSSR count). The first-order valence-corrected chi connectivity index (χ1v) is 8.12. The molecule has 0 spiro atoms. The van der Waals surface area contributed by atoms with Crippen molar-refractivity contribution in [3.05, 3.63) is 35.9 Å². The SMILES string of the molecule is CN1CCN(C)C(CN2CCNC(c3ccccc3)C2)C1. The first-order chi connectivity index (χ1) is 10.2. The molecule has 2 aliphatic rings. The number of hydrogen-bond acceptors (Lipinski definition) is 4. The lowest BCUT2D eigenvalue weighted by Crippen LogP contribution is -2.57. The van der Waals surface area contributed by atoms with Crippen LogP contribution in [0.1, 0.15) is 11.6 Å². The van der Waals surface area contributed by atoms with Crippen LogP contribution in [0.2, 0.25) is 0 Å². The van der Waals surface area contributed by atoms with Gasteiger partial charge < -0.3 is 10.2 Å². The van der Waals surface area contributed by atoms with E-state index >= 15 is 0 Å². The molecule has 4 heteroatoms. The largest absolute Gasteiger partial charge is 0.308 e. The van der Waals surface area contributed by atoms with Crippen molar-refractivity contribution in [1.82, 2.24) is 20.0 Å². The van der Waals surface area contributed by atoms with Crippen LogP contribution in [0.15, 0.2) is 30.3 Å². The Morgan fingerprint density at radius 1 is 1.05 bits per heavy atom. The minimum atomic E-state index is 0.478. The average Bonchev–Trinajstić information content (AvgIpc) is 2.52. The highest BCUT2D eigenvalue weighted by molar-refractivity contribution is 5.19. The number of nitrogens with zero attached hydrogens (tertiary/aromatic N) is 3.